The van der Waals surface area contributed by atoms with Crippen molar-refractivity contribution in [3.63, 3.8) is 0 Å². The Labute approximate surface area is 155 Å². The molecule has 3 atom stereocenters. The molecule has 5 nitrogen and oxygen atoms in total. The van der Waals surface area contributed by atoms with Crippen LogP contribution in [0.1, 0.15) is 42.9 Å². The van der Waals surface area contributed by atoms with Gasteiger partial charge in [0.2, 0.25) is 11.8 Å². The second-order valence-electron chi connectivity index (χ2n) is 6.64. The molecule has 0 saturated carbocycles. The van der Waals surface area contributed by atoms with Crippen molar-refractivity contribution in [1.29, 1.82) is 0 Å². The van der Waals surface area contributed by atoms with E-state index in [4.69, 9.17) is 5.73 Å². The van der Waals surface area contributed by atoms with Gasteiger partial charge in [-0.2, -0.15) is 13.2 Å². The number of halogens is 4. The van der Waals surface area contributed by atoms with Crippen molar-refractivity contribution in [2.75, 3.05) is 5.73 Å². The third-order valence-corrected chi connectivity index (χ3v) is 4.89. The average Bonchev–Trinajstić information content (AvgIpc) is 2.53. The van der Waals surface area contributed by atoms with E-state index in [9.17, 15) is 22.8 Å². The topological polar surface area (TPSA) is 84.2 Å². The van der Waals surface area contributed by atoms with Crippen LogP contribution >= 0.6 is 12.4 Å². The average molecular weight is 392 g/mol. The molecule has 0 aromatic heterocycles. The van der Waals surface area contributed by atoms with E-state index in [1.54, 1.807) is 6.07 Å². The first kappa shape index (κ1) is 20.4. The Kier molecular flexibility index (Phi) is 6.05. The number of nitrogens with one attached hydrogen (secondary N) is 2. The summed E-state index contributed by atoms with van der Waals surface area (Å²) in [5, 5.41) is 4.74. The van der Waals surface area contributed by atoms with Crippen LogP contribution in [0.4, 0.5) is 18.9 Å². The third-order valence-electron chi connectivity index (χ3n) is 4.89. The fourth-order valence-corrected chi connectivity index (χ4v) is 3.56. The molecule has 3 rings (SSSR count). The number of anilines is 1. The van der Waals surface area contributed by atoms with Crippen molar-refractivity contribution >= 4 is 29.9 Å². The zero-order chi connectivity index (χ0) is 18.2. The lowest BCUT2D eigenvalue weighted by Crippen LogP contribution is -2.54. The Morgan fingerprint density at radius 1 is 1.23 bits per heavy atom. The summed E-state index contributed by atoms with van der Waals surface area (Å²) in [4.78, 5) is 24.4. The molecule has 2 amide bonds. The lowest BCUT2D eigenvalue weighted by Gasteiger charge is -2.32. The maximum Gasteiger partial charge on any atom is 0.408 e. The molecule has 4 N–H and O–H groups in total. The number of piperidine rings is 1. The zero-order valence-corrected chi connectivity index (χ0v) is 14.8. The van der Waals surface area contributed by atoms with Gasteiger partial charge in [-0.25, -0.2) is 0 Å². The van der Waals surface area contributed by atoms with Crippen LogP contribution in [0.15, 0.2) is 18.2 Å². The molecule has 26 heavy (non-hydrogen) atoms. The molecule has 1 aromatic rings. The molecule has 0 spiro atoms. The highest BCUT2D eigenvalue weighted by atomic mass is 35.5. The Morgan fingerprint density at radius 2 is 1.96 bits per heavy atom. The van der Waals surface area contributed by atoms with Gasteiger partial charge in [-0.15, -0.1) is 12.4 Å². The molecule has 1 aromatic carbocycles. The second-order valence-corrected chi connectivity index (χ2v) is 6.64. The number of benzene rings is 1. The summed E-state index contributed by atoms with van der Waals surface area (Å²) in [7, 11) is 0. The van der Waals surface area contributed by atoms with E-state index in [1.165, 1.54) is 0 Å². The van der Waals surface area contributed by atoms with E-state index in [1.807, 2.05) is 17.4 Å². The SMILES string of the molecule is Cl.Nc1ccc2c(c1)CCCC2NC(=O)C1CCC(C(F)(F)F)NC1=O. The first-order chi connectivity index (χ1) is 11.8. The highest BCUT2D eigenvalue weighted by Crippen LogP contribution is 2.32. The highest BCUT2D eigenvalue weighted by Gasteiger charge is 2.46. The number of fused-ring (bicyclic) bond motifs is 1. The summed E-state index contributed by atoms with van der Waals surface area (Å²) in [6.45, 7) is 0. The molecule has 144 valence electrons. The fourth-order valence-electron chi connectivity index (χ4n) is 3.56. The predicted molar refractivity (Wildman–Crippen MR) is 92.6 cm³/mol. The summed E-state index contributed by atoms with van der Waals surface area (Å²) >= 11 is 0. The van der Waals surface area contributed by atoms with Crippen molar-refractivity contribution in [3.05, 3.63) is 29.3 Å². The number of aryl methyl sites for hydroxylation is 1. The molecule has 9 heteroatoms. The van der Waals surface area contributed by atoms with Crippen LogP contribution in [-0.4, -0.2) is 24.0 Å². The highest BCUT2D eigenvalue weighted by molar-refractivity contribution is 6.01. The maximum atomic E-state index is 12.7. The second kappa shape index (κ2) is 7.73. The molecule has 1 aliphatic heterocycles. The van der Waals surface area contributed by atoms with Crippen LogP contribution in [0, 0.1) is 5.92 Å². The van der Waals surface area contributed by atoms with Crippen LogP contribution in [0.25, 0.3) is 0 Å². The van der Waals surface area contributed by atoms with E-state index >= 15 is 0 Å². The Bertz CT molecular complexity index is 696. The van der Waals surface area contributed by atoms with E-state index < -0.39 is 30.0 Å². The van der Waals surface area contributed by atoms with Crippen molar-refractivity contribution in [2.24, 2.45) is 5.92 Å². The van der Waals surface area contributed by atoms with Crippen LogP contribution in [0.5, 0.6) is 0 Å². The summed E-state index contributed by atoms with van der Waals surface area (Å²) < 4.78 is 38.1. The van der Waals surface area contributed by atoms with Gasteiger partial charge in [-0.1, -0.05) is 6.07 Å². The third kappa shape index (κ3) is 4.23. The number of hydrogen-bond donors (Lipinski definition) is 3. The van der Waals surface area contributed by atoms with Gasteiger partial charge >= 0.3 is 6.18 Å². The molecule has 3 unspecified atom stereocenters. The van der Waals surface area contributed by atoms with Crippen LogP contribution in [-0.2, 0) is 16.0 Å². The van der Waals surface area contributed by atoms with Gasteiger partial charge in [0.05, 0.1) is 6.04 Å². The fraction of sp³-hybridized carbons (Fsp3) is 0.529. The van der Waals surface area contributed by atoms with Crippen molar-refractivity contribution in [2.45, 2.75) is 50.4 Å². The lowest BCUT2D eigenvalue weighted by molar-refractivity contribution is -0.171. The number of alkyl halides is 3. The number of carbonyl (C=O) groups excluding carboxylic acids is 2. The van der Waals surface area contributed by atoms with Crippen LogP contribution in [0.3, 0.4) is 0 Å². The minimum Gasteiger partial charge on any atom is -0.399 e. The van der Waals surface area contributed by atoms with Gasteiger partial charge in [0.1, 0.15) is 12.0 Å². The molecule has 1 saturated heterocycles. The first-order valence-corrected chi connectivity index (χ1v) is 8.31. The monoisotopic (exact) mass is 391 g/mol. The molecule has 1 aliphatic carbocycles. The predicted octanol–water partition coefficient (Wildman–Crippen LogP) is 2.64. The van der Waals surface area contributed by atoms with Crippen molar-refractivity contribution < 1.29 is 22.8 Å². The minimum atomic E-state index is -4.49. The van der Waals surface area contributed by atoms with Gasteiger partial charge in [0.25, 0.3) is 0 Å². The Morgan fingerprint density at radius 3 is 2.62 bits per heavy atom. The van der Waals surface area contributed by atoms with Gasteiger partial charge in [-0.3, -0.25) is 9.59 Å². The van der Waals surface area contributed by atoms with E-state index in [0.717, 1.165) is 30.4 Å². The smallest absolute Gasteiger partial charge is 0.399 e. The van der Waals surface area contributed by atoms with E-state index in [2.05, 4.69) is 5.32 Å². The molecular formula is C17H21ClF3N3O2. The molecule has 2 aliphatic rings. The van der Waals surface area contributed by atoms with Crippen molar-refractivity contribution in [1.82, 2.24) is 10.6 Å². The maximum absolute atomic E-state index is 12.7. The number of carbonyl (C=O) groups is 2. The number of amides is 2. The number of nitrogens with two attached hydrogens (primary N) is 1. The first-order valence-electron chi connectivity index (χ1n) is 8.31. The minimum absolute atomic E-state index is 0. The quantitative estimate of drug-likeness (QED) is 0.535. The van der Waals surface area contributed by atoms with E-state index in [0.29, 0.717) is 5.69 Å². The zero-order valence-electron chi connectivity index (χ0n) is 13.9. The van der Waals surface area contributed by atoms with Gasteiger partial charge < -0.3 is 16.4 Å². The normalized spacial score (nSPS) is 25.5. The lowest BCUT2D eigenvalue weighted by atomic mass is 9.86. The Balaban J connectivity index is 0.00000243. The molecule has 0 radical (unpaired) electrons. The van der Waals surface area contributed by atoms with Gasteiger partial charge in [-0.05, 0) is 55.4 Å². The molecule has 1 heterocycles. The number of rotatable bonds is 2. The summed E-state index contributed by atoms with van der Waals surface area (Å²) in [6, 6.07) is 3.36. The summed E-state index contributed by atoms with van der Waals surface area (Å²) in [6.07, 6.45) is -2.42. The molecular weight excluding hydrogens is 371 g/mol. The molecule has 0 bridgehead atoms. The standard InChI is InChI=1S/C17H20F3N3O2.ClH/c18-17(19,20)14-7-6-12(16(25)23-14)15(24)22-13-3-1-2-9-8-10(21)4-5-11(9)13;/h4-5,8,12-14H,1-3,6-7,21H2,(H,22,24)(H,23,25);1H. The van der Waals surface area contributed by atoms with Crippen LogP contribution < -0.4 is 16.4 Å². The van der Waals surface area contributed by atoms with E-state index in [-0.39, 0.29) is 31.3 Å². The largest absolute Gasteiger partial charge is 0.408 e. The van der Waals surface area contributed by atoms with Gasteiger partial charge in [0, 0.05) is 5.69 Å². The molecule has 1 fully saturated rings. The van der Waals surface area contributed by atoms with Crippen LogP contribution in [0.2, 0.25) is 0 Å². The Hall–Kier alpha value is -1.96. The van der Waals surface area contributed by atoms with Gasteiger partial charge in [0.15, 0.2) is 0 Å². The number of nitrogen functional groups attached to an aromatic ring is 1. The summed E-state index contributed by atoms with van der Waals surface area (Å²) in [5.41, 5.74) is 8.44. The summed E-state index contributed by atoms with van der Waals surface area (Å²) in [5.74, 6) is -2.47. The van der Waals surface area contributed by atoms with Crippen molar-refractivity contribution in [3.8, 4) is 0 Å². The number of hydrogen-bond acceptors (Lipinski definition) is 3.